The van der Waals surface area contributed by atoms with Crippen LogP contribution in [0.2, 0.25) is 0 Å². The van der Waals surface area contributed by atoms with E-state index < -0.39 is 0 Å². The Kier molecular flexibility index (Phi) is 11.1. The first-order chi connectivity index (χ1) is 25.2. The Morgan fingerprint density at radius 3 is 2.04 bits per heavy atom. The van der Waals surface area contributed by atoms with Gasteiger partial charge in [-0.05, 0) is 132 Å². The molecule has 4 aromatic carbocycles. The van der Waals surface area contributed by atoms with E-state index in [0.717, 1.165) is 70.1 Å². The van der Waals surface area contributed by atoms with Gasteiger partial charge in [-0.25, -0.2) is 4.98 Å². The van der Waals surface area contributed by atoms with E-state index in [4.69, 9.17) is 14.8 Å². The van der Waals surface area contributed by atoms with Gasteiger partial charge in [0.05, 0.1) is 6.20 Å². The summed E-state index contributed by atoms with van der Waals surface area (Å²) in [6.07, 6.45) is 10.4. The Morgan fingerprint density at radius 1 is 0.704 bits per heavy atom. The normalized spacial score (nSPS) is 12.0. The molecule has 54 heavy (non-hydrogen) atoms. The third kappa shape index (κ3) is 8.13. The van der Waals surface area contributed by atoms with Crippen LogP contribution in [0.15, 0.2) is 85.3 Å². The molecule has 0 aliphatic carbocycles. The van der Waals surface area contributed by atoms with Crippen LogP contribution < -0.4 is 4.74 Å². The van der Waals surface area contributed by atoms with Crippen LogP contribution in [0.1, 0.15) is 87.8 Å². The van der Waals surface area contributed by atoms with Gasteiger partial charge in [0, 0.05) is 35.0 Å². The first-order valence-corrected chi connectivity index (χ1v) is 18.9. The van der Waals surface area contributed by atoms with Gasteiger partial charge in [-0.1, -0.05) is 65.3 Å². The molecule has 0 saturated heterocycles. The van der Waals surface area contributed by atoms with Gasteiger partial charge in [-0.3, -0.25) is 4.68 Å². The summed E-state index contributed by atoms with van der Waals surface area (Å²) >= 11 is 0. The molecule has 0 atom stereocenters. The number of pyridine rings is 1. The quantitative estimate of drug-likeness (QED) is 0.136. The first-order valence-electron chi connectivity index (χ1n) is 18.9. The summed E-state index contributed by atoms with van der Waals surface area (Å²) in [5.74, 6) is 2.07. The maximum atomic E-state index is 6.48. The van der Waals surface area contributed by atoms with E-state index in [1.165, 1.54) is 33.4 Å². The Morgan fingerprint density at radius 2 is 1.37 bits per heavy atom. The Balaban J connectivity index is 0.00000497. The summed E-state index contributed by atoms with van der Waals surface area (Å²) in [5, 5.41) is 7.17. The van der Waals surface area contributed by atoms with Crippen molar-refractivity contribution < 1.29 is 25.8 Å². The smallest absolute Gasteiger partial charge is 0.509 e. The van der Waals surface area contributed by atoms with Crippen molar-refractivity contribution >= 4 is 21.8 Å². The molecular formula is C48H52N4OPt. The number of ether oxygens (including phenoxy) is 1. The molecule has 3 heterocycles. The van der Waals surface area contributed by atoms with E-state index in [1.807, 2.05) is 47.4 Å². The first kappa shape index (κ1) is 39.2. The van der Waals surface area contributed by atoms with Gasteiger partial charge in [-0.15, -0.1) is 35.7 Å². The topological polar surface area (TPSA) is 44.9 Å². The van der Waals surface area contributed by atoms with E-state index >= 15 is 0 Å². The minimum Gasteiger partial charge on any atom is -0.509 e. The molecule has 0 saturated carbocycles. The van der Waals surface area contributed by atoms with Crippen molar-refractivity contribution in [2.45, 2.75) is 94.9 Å². The van der Waals surface area contributed by atoms with Crippen molar-refractivity contribution in [3.05, 3.63) is 131 Å². The van der Waals surface area contributed by atoms with Gasteiger partial charge in [0.2, 0.25) is 0 Å². The fourth-order valence-electron chi connectivity index (χ4n) is 7.41. The molecule has 7 aromatic rings. The number of aryl methyl sites for hydroxylation is 1. The fourth-order valence-corrected chi connectivity index (χ4v) is 7.41. The molecule has 0 amide bonds. The molecule has 0 unspecified atom stereocenters. The molecular weight excluding hydrogens is 844 g/mol. The molecule has 280 valence electrons. The number of benzene rings is 4. The maximum Gasteiger partial charge on any atom is 2.00 e. The zero-order valence-corrected chi connectivity index (χ0v) is 35.7. The van der Waals surface area contributed by atoms with Crippen molar-refractivity contribution in [2.24, 2.45) is 10.8 Å². The average Bonchev–Trinajstić information content (AvgIpc) is 3.72. The largest absolute Gasteiger partial charge is 2.00 e. The third-order valence-electron chi connectivity index (χ3n) is 10.7. The Hall–Kier alpha value is -4.47. The summed E-state index contributed by atoms with van der Waals surface area (Å²) in [5.41, 5.74) is 14.1. The number of hydrogen-bond donors (Lipinski definition) is 0. The molecule has 0 N–H and O–H groups in total. The predicted molar refractivity (Wildman–Crippen MR) is 220 cm³/mol. The molecule has 0 bridgehead atoms. The fraction of sp³-hybridized carbons (Fsp3) is 0.333. The maximum absolute atomic E-state index is 6.48. The molecule has 0 fully saturated rings. The number of fused-ring (bicyclic) bond motifs is 3. The number of para-hydroxylation sites is 1. The number of rotatable bonds is 9. The van der Waals surface area contributed by atoms with Gasteiger partial charge in [0.25, 0.3) is 0 Å². The van der Waals surface area contributed by atoms with E-state index in [9.17, 15) is 0 Å². The molecule has 0 spiro atoms. The Bertz CT molecular complexity index is 2410. The van der Waals surface area contributed by atoms with Gasteiger partial charge < -0.3 is 9.30 Å². The number of aromatic nitrogens is 4. The molecule has 5 nitrogen and oxygen atoms in total. The summed E-state index contributed by atoms with van der Waals surface area (Å²) in [7, 11) is 0. The predicted octanol–water partition coefficient (Wildman–Crippen LogP) is 12.6. The Labute approximate surface area is 336 Å². The van der Waals surface area contributed by atoms with E-state index in [0.29, 0.717) is 11.5 Å². The standard InChI is InChI=1S/C48H52N4O.Pt/c1-31-22-25-49-45(26-31)52-43-17-12-11-16-41(43)42-19-18-38(28-44(42)52)53-37-15-13-14-36(27-37)51-30-35(29-50-51)46-39(20-23-47(5,6)7)33(3)32(2)34(4)40(46)21-24-48(8,9)10;/h11-19,22,25-26,29-30H,20-21,23-24H2,1-10H3;/q-2;+2. The van der Waals surface area contributed by atoms with Crippen molar-refractivity contribution in [3.8, 4) is 34.1 Å². The summed E-state index contributed by atoms with van der Waals surface area (Å²) in [6, 6.07) is 29.6. The van der Waals surface area contributed by atoms with E-state index in [1.54, 1.807) is 0 Å². The summed E-state index contributed by atoms with van der Waals surface area (Å²) in [6.45, 7) is 23.0. The second-order valence-electron chi connectivity index (χ2n) is 17.1. The monoisotopic (exact) mass is 895 g/mol. The number of nitrogens with zero attached hydrogens (tertiary/aromatic N) is 4. The summed E-state index contributed by atoms with van der Waals surface area (Å²) in [4.78, 5) is 4.72. The van der Waals surface area contributed by atoms with Crippen molar-refractivity contribution in [2.75, 3.05) is 0 Å². The molecule has 0 radical (unpaired) electrons. The van der Waals surface area contributed by atoms with Crippen LogP contribution in [0.5, 0.6) is 11.5 Å². The molecule has 6 heteroatoms. The van der Waals surface area contributed by atoms with Crippen LogP contribution >= 0.6 is 0 Å². The van der Waals surface area contributed by atoms with Crippen molar-refractivity contribution in [1.29, 1.82) is 0 Å². The van der Waals surface area contributed by atoms with Crippen LogP contribution in [0.3, 0.4) is 0 Å². The number of hydrogen-bond acceptors (Lipinski definition) is 3. The molecule has 3 aromatic heterocycles. The van der Waals surface area contributed by atoms with E-state index in [-0.39, 0.29) is 31.9 Å². The van der Waals surface area contributed by atoms with Crippen molar-refractivity contribution in [1.82, 2.24) is 19.3 Å². The van der Waals surface area contributed by atoms with Crippen LogP contribution in [0.4, 0.5) is 0 Å². The van der Waals surface area contributed by atoms with Crippen LogP contribution in [0.25, 0.3) is 44.4 Å². The van der Waals surface area contributed by atoms with Gasteiger partial charge >= 0.3 is 21.1 Å². The van der Waals surface area contributed by atoms with Crippen molar-refractivity contribution in [3.63, 3.8) is 0 Å². The molecule has 0 aliphatic heterocycles. The second kappa shape index (κ2) is 15.3. The van der Waals surface area contributed by atoms with Crippen LogP contribution in [0, 0.1) is 50.7 Å². The zero-order valence-electron chi connectivity index (χ0n) is 33.4. The van der Waals surface area contributed by atoms with Crippen LogP contribution in [-0.4, -0.2) is 19.3 Å². The van der Waals surface area contributed by atoms with Gasteiger partial charge in [-0.2, -0.15) is 17.2 Å². The van der Waals surface area contributed by atoms with Crippen LogP contribution in [-0.2, 0) is 33.9 Å². The van der Waals surface area contributed by atoms with E-state index in [2.05, 4.69) is 129 Å². The zero-order chi connectivity index (χ0) is 37.7. The SMILES string of the molecule is Cc1ccnc(-n2c3[c-]c(Oc4[c-]c(-n5cc(-c6c(CCC(C)(C)C)c(C)c(C)c(C)c6CCC(C)(C)C)cn5)ccc4)ccc3c3ccccc32)c1.[Pt+2]. The molecule has 0 aliphatic rings. The minimum atomic E-state index is 0. The second-order valence-corrected chi connectivity index (χ2v) is 17.1. The minimum absolute atomic E-state index is 0. The third-order valence-corrected chi connectivity index (χ3v) is 10.7. The summed E-state index contributed by atoms with van der Waals surface area (Å²) < 4.78 is 10.6. The molecule has 7 rings (SSSR count). The van der Waals surface area contributed by atoms with Gasteiger partial charge in [0.1, 0.15) is 5.82 Å². The average molecular weight is 896 g/mol. The van der Waals surface area contributed by atoms with Gasteiger partial charge in [0.15, 0.2) is 0 Å².